The van der Waals surface area contributed by atoms with Crippen molar-refractivity contribution < 1.29 is 9.90 Å². The Morgan fingerprint density at radius 2 is 1.56 bits per heavy atom. The first-order chi connectivity index (χ1) is 2.64. The SMILES string of the molecule is CC(N)C(=O)O.Cl.Cl.Cl. The highest BCUT2D eigenvalue weighted by atomic mass is 35.5. The minimum absolute atomic E-state index is 0. The fraction of sp³-hybridized carbons (Fsp3) is 0.667. The first-order valence-electron chi connectivity index (χ1n) is 1.63. The molecule has 0 aliphatic rings. The summed E-state index contributed by atoms with van der Waals surface area (Å²) in [5.74, 6) is -0.963. The lowest BCUT2D eigenvalue weighted by atomic mass is 10.4. The second-order valence-electron chi connectivity index (χ2n) is 1.13. The highest BCUT2D eigenvalue weighted by Crippen LogP contribution is 1.68. The van der Waals surface area contributed by atoms with Crippen molar-refractivity contribution in [3.05, 3.63) is 0 Å². The van der Waals surface area contributed by atoms with Crippen LogP contribution in [-0.2, 0) is 4.79 Å². The van der Waals surface area contributed by atoms with Crippen LogP contribution < -0.4 is 5.73 Å². The van der Waals surface area contributed by atoms with Gasteiger partial charge >= 0.3 is 5.97 Å². The Labute approximate surface area is 72.2 Å². The number of hydrogen-bond acceptors (Lipinski definition) is 2. The number of carboxylic acid groups (broad SMARTS) is 1. The molecule has 0 heterocycles. The van der Waals surface area contributed by atoms with E-state index in [1.165, 1.54) is 6.92 Å². The van der Waals surface area contributed by atoms with E-state index in [2.05, 4.69) is 0 Å². The van der Waals surface area contributed by atoms with Crippen molar-refractivity contribution in [3.63, 3.8) is 0 Å². The van der Waals surface area contributed by atoms with Crippen molar-refractivity contribution in [2.75, 3.05) is 0 Å². The second kappa shape index (κ2) is 11.1. The summed E-state index contributed by atoms with van der Waals surface area (Å²) in [4.78, 5) is 9.57. The summed E-state index contributed by atoms with van der Waals surface area (Å²) in [5.41, 5.74) is 4.84. The third-order valence-corrected chi connectivity index (χ3v) is 0.390. The van der Waals surface area contributed by atoms with E-state index >= 15 is 0 Å². The van der Waals surface area contributed by atoms with Crippen molar-refractivity contribution in [2.24, 2.45) is 5.73 Å². The zero-order valence-corrected chi connectivity index (χ0v) is 7.18. The zero-order chi connectivity index (χ0) is 5.15. The lowest BCUT2D eigenvalue weighted by Gasteiger charge is -1.90. The van der Waals surface area contributed by atoms with Crippen LogP contribution >= 0.6 is 37.2 Å². The van der Waals surface area contributed by atoms with E-state index < -0.39 is 12.0 Å². The molecular weight excluding hydrogens is 188 g/mol. The van der Waals surface area contributed by atoms with E-state index in [1.54, 1.807) is 0 Å². The Balaban J connectivity index is -0.0000000417. The van der Waals surface area contributed by atoms with Gasteiger partial charge in [-0.25, -0.2) is 0 Å². The lowest BCUT2D eigenvalue weighted by molar-refractivity contribution is -0.138. The van der Waals surface area contributed by atoms with Crippen LogP contribution in [0.1, 0.15) is 6.92 Å². The van der Waals surface area contributed by atoms with Crippen LogP contribution in [0.15, 0.2) is 0 Å². The van der Waals surface area contributed by atoms with Crippen LogP contribution in [0.2, 0.25) is 0 Å². The van der Waals surface area contributed by atoms with Gasteiger partial charge in [0.1, 0.15) is 6.04 Å². The van der Waals surface area contributed by atoms with E-state index in [4.69, 9.17) is 10.8 Å². The molecule has 0 aromatic rings. The highest BCUT2D eigenvalue weighted by molar-refractivity contribution is 5.86. The molecule has 0 spiro atoms. The summed E-state index contributed by atoms with van der Waals surface area (Å²) in [6.07, 6.45) is 0. The summed E-state index contributed by atoms with van der Waals surface area (Å²) < 4.78 is 0. The molecule has 0 aliphatic heterocycles. The zero-order valence-electron chi connectivity index (χ0n) is 4.73. The van der Waals surface area contributed by atoms with E-state index in [9.17, 15) is 4.79 Å². The molecule has 0 bridgehead atoms. The maximum absolute atomic E-state index is 9.57. The number of carboxylic acids is 1. The Hall–Kier alpha value is 0.300. The van der Waals surface area contributed by atoms with Crippen LogP contribution in [0.4, 0.5) is 0 Å². The van der Waals surface area contributed by atoms with Crippen LogP contribution in [0, 0.1) is 0 Å². The van der Waals surface area contributed by atoms with Crippen molar-refractivity contribution in [1.82, 2.24) is 0 Å². The predicted octanol–water partition coefficient (Wildman–Crippen LogP) is 0.684. The van der Waals surface area contributed by atoms with Crippen molar-refractivity contribution in [3.8, 4) is 0 Å². The number of nitrogens with two attached hydrogens (primary N) is 1. The Morgan fingerprint density at radius 3 is 1.56 bits per heavy atom. The fourth-order valence-electron chi connectivity index (χ4n) is 0. The van der Waals surface area contributed by atoms with Gasteiger partial charge < -0.3 is 10.8 Å². The van der Waals surface area contributed by atoms with Gasteiger partial charge in [-0.2, -0.15) is 0 Å². The van der Waals surface area contributed by atoms with Crippen LogP contribution in [0.3, 0.4) is 0 Å². The van der Waals surface area contributed by atoms with Gasteiger partial charge in [-0.1, -0.05) is 0 Å². The smallest absolute Gasteiger partial charge is 0.320 e. The summed E-state index contributed by atoms with van der Waals surface area (Å²) in [6, 6.07) is -0.731. The van der Waals surface area contributed by atoms with Gasteiger partial charge in [0, 0.05) is 0 Å². The standard InChI is InChI=1S/C3H7NO2.3ClH/c1-2(4)3(5)6;;;/h2H,4H2,1H3,(H,5,6);3*1H. The van der Waals surface area contributed by atoms with Crippen molar-refractivity contribution in [1.29, 1.82) is 0 Å². The molecule has 0 fully saturated rings. The molecule has 0 amide bonds. The van der Waals surface area contributed by atoms with E-state index in [1.807, 2.05) is 0 Å². The molecule has 9 heavy (non-hydrogen) atoms. The van der Waals surface area contributed by atoms with Crippen LogP contribution in [0.5, 0.6) is 0 Å². The number of carbonyl (C=O) groups is 1. The topological polar surface area (TPSA) is 63.3 Å². The molecule has 3 N–H and O–H groups in total. The quantitative estimate of drug-likeness (QED) is 0.651. The normalized spacial score (nSPS) is 9.11. The van der Waals surface area contributed by atoms with Crippen molar-refractivity contribution in [2.45, 2.75) is 13.0 Å². The average Bonchev–Trinajstić information content (AvgIpc) is 1.36. The number of hydrogen-bond donors (Lipinski definition) is 2. The average molecular weight is 198 g/mol. The molecule has 0 aromatic carbocycles. The van der Waals surface area contributed by atoms with Gasteiger partial charge in [0.2, 0.25) is 0 Å². The fourth-order valence-corrected chi connectivity index (χ4v) is 0. The van der Waals surface area contributed by atoms with Crippen LogP contribution in [0.25, 0.3) is 0 Å². The van der Waals surface area contributed by atoms with Gasteiger partial charge in [-0.15, -0.1) is 37.2 Å². The lowest BCUT2D eigenvalue weighted by Crippen LogP contribution is -2.25. The second-order valence-corrected chi connectivity index (χ2v) is 1.13. The Kier molecular flexibility index (Phi) is 28.2. The van der Waals surface area contributed by atoms with Gasteiger partial charge in [-0.05, 0) is 6.92 Å². The first kappa shape index (κ1) is 22.8. The predicted molar refractivity (Wildman–Crippen MR) is 43.0 cm³/mol. The van der Waals surface area contributed by atoms with Gasteiger partial charge in [0.25, 0.3) is 0 Å². The van der Waals surface area contributed by atoms with Crippen LogP contribution in [-0.4, -0.2) is 17.1 Å². The summed E-state index contributed by atoms with van der Waals surface area (Å²) >= 11 is 0. The van der Waals surface area contributed by atoms with E-state index in [0.717, 1.165) is 0 Å². The molecule has 1 atom stereocenters. The third-order valence-electron chi connectivity index (χ3n) is 0.390. The number of halogens is 3. The molecule has 6 heteroatoms. The number of rotatable bonds is 1. The molecule has 3 nitrogen and oxygen atoms in total. The molecule has 0 saturated heterocycles. The minimum Gasteiger partial charge on any atom is -0.480 e. The largest absolute Gasteiger partial charge is 0.480 e. The monoisotopic (exact) mass is 197 g/mol. The third kappa shape index (κ3) is 17.8. The molecule has 0 rings (SSSR count). The maximum Gasteiger partial charge on any atom is 0.320 e. The molecule has 0 aliphatic carbocycles. The Morgan fingerprint density at radius 1 is 1.44 bits per heavy atom. The summed E-state index contributed by atoms with van der Waals surface area (Å²) in [7, 11) is 0. The molecule has 0 saturated carbocycles. The maximum atomic E-state index is 9.57. The molecular formula is C3H10Cl3NO2. The molecule has 0 radical (unpaired) electrons. The minimum atomic E-state index is -0.963. The van der Waals surface area contributed by atoms with E-state index in [-0.39, 0.29) is 37.2 Å². The Bertz CT molecular complexity index is 68.1. The van der Waals surface area contributed by atoms with Gasteiger partial charge in [0.15, 0.2) is 0 Å². The molecule has 60 valence electrons. The van der Waals surface area contributed by atoms with E-state index in [0.29, 0.717) is 0 Å². The summed E-state index contributed by atoms with van der Waals surface area (Å²) in [5, 5.41) is 7.87. The number of aliphatic carboxylic acids is 1. The highest BCUT2D eigenvalue weighted by Gasteiger charge is 1.99. The van der Waals surface area contributed by atoms with Crippen molar-refractivity contribution >= 4 is 43.2 Å². The van der Waals surface area contributed by atoms with Gasteiger partial charge in [-0.3, -0.25) is 4.79 Å². The summed E-state index contributed by atoms with van der Waals surface area (Å²) in [6.45, 7) is 1.42. The first-order valence-corrected chi connectivity index (χ1v) is 1.63. The van der Waals surface area contributed by atoms with Gasteiger partial charge in [0.05, 0.1) is 0 Å². The molecule has 0 aromatic heterocycles. The molecule has 1 unspecified atom stereocenters.